The molecule has 0 bridgehead atoms. The van der Waals surface area contributed by atoms with Crippen LogP contribution in [-0.4, -0.2) is 18.4 Å². The van der Waals surface area contributed by atoms with E-state index in [1.165, 1.54) is 6.08 Å². The highest BCUT2D eigenvalue weighted by atomic mass is 79.9. The lowest BCUT2D eigenvalue weighted by molar-refractivity contribution is -0.128. The third-order valence-electron chi connectivity index (χ3n) is 3.41. The standard InChI is InChI=1S/C19H18BrClN2O3/c1-2-13-7-9-17(15(20)11-13)26-12-19(25)23-22-18(24)10-8-14-5-3-4-6-16(14)21/h3-11H,2,12H2,1H3,(H,22,24)(H,23,25). The van der Waals surface area contributed by atoms with Crippen molar-refractivity contribution in [2.24, 2.45) is 0 Å². The second kappa shape index (κ2) is 9.99. The van der Waals surface area contributed by atoms with E-state index in [9.17, 15) is 9.59 Å². The normalized spacial score (nSPS) is 10.6. The number of carbonyl (C=O) groups is 2. The smallest absolute Gasteiger partial charge is 0.276 e. The van der Waals surface area contributed by atoms with E-state index in [4.69, 9.17) is 16.3 Å². The van der Waals surface area contributed by atoms with Gasteiger partial charge in [-0.25, -0.2) is 0 Å². The summed E-state index contributed by atoms with van der Waals surface area (Å²) in [5.74, 6) is -0.398. The van der Waals surface area contributed by atoms with Gasteiger partial charge in [0.25, 0.3) is 11.8 Å². The average molecular weight is 438 g/mol. The SMILES string of the molecule is CCc1ccc(OCC(=O)NNC(=O)C=Cc2ccccc2Cl)c(Br)c1. The van der Waals surface area contributed by atoms with E-state index < -0.39 is 11.8 Å². The fourth-order valence-corrected chi connectivity index (χ4v) is 2.75. The van der Waals surface area contributed by atoms with Crippen molar-refractivity contribution in [3.8, 4) is 5.75 Å². The number of benzene rings is 2. The molecule has 2 amide bonds. The number of halogens is 2. The van der Waals surface area contributed by atoms with Gasteiger partial charge in [0.05, 0.1) is 4.47 Å². The maximum atomic E-state index is 11.8. The highest BCUT2D eigenvalue weighted by Crippen LogP contribution is 2.26. The Bertz CT molecular complexity index is 824. The van der Waals surface area contributed by atoms with E-state index in [0.717, 1.165) is 16.5 Å². The number of carbonyl (C=O) groups excluding carboxylic acids is 2. The zero-order chi connectivity index (χ0) is 18.9. The number of aryl methyl sites for hydroxylation is 1. The summed E-state index contributed by atoms with van der Waals surface area (Å²) in [6, 6.07) is 12.8. The molecule has 26 heavy (non-hydrogen) atoms. The third kappa shape index (κ3) is 6.20. The minimum atomic E-state index is -0.480. The molecule has 7 heteroatoms. The number of rotatable bonds is 6. The van der Waals surface area contributed by atoms with E-state index in [-0.39, 0.29) is 6.61 Å². The van der Waals surface area contributed by atoms with Gasteiger partial charge in [0, 0.05) is 11.1 Å². The van der Waals surface area contributed by atoms with Crippen LogP contribution in [0.25, 0.3) is 6.08 Å². The molecule has 0 fully saturated rings. The van der Waals surface area contributed by atoms with Crippen LogP contribution in [0, 0.1) is 0 Å². The van der Waals surface area contributed by atoms with Gasteiger partial charge in [0.2, 0.25) is 0 Å². The predicted octanol–water partition coefficient (Wildman–Crippen LogP) is 3.90. The van der Waals surface area contributed by atoms with Crippen LogP contribution in [0.1, 0.15) is 18.1 Å². The molecule has 136 valence electrons. The van der Waals surface area contributed by atoms with E-state index >= 15 is 0 Å². The molecule has 0 aliphatic rings. The quantitative estimate of drug-likeness (QED) is 0.532. The molecule has 2 rings (SSSR count). The van der Waals surface area contributed by atoms with Crippen molar-refractivity contribution >= 4 is 45.4 Å². The summed E-state index contributed by atoms with van der Waals surface area (Å²) in [6.07, 6.45) is 3.75. The number of hydrogen-bond acceptors (Lipinski definition) is 3. The molecular weight excluding hydrogens is 420 g/mol. The van der Waals surface area contributed by atoms with Gasteiger partial charge in [-0.05, 0) is 57.8 Å². The fraction of sp³-hybridized carbons (Fsp3) is 0.158. The van der Waals surface area contributed by atoms with Gasteiger partial charge in [-0.1, -0.05) is 42.8 Å². The van der Waals surface area contributed by atoms with Crippen LogP contribution in [0.5, 0.6) is 5.75 Å². The van der Waals surface area contributed by atoms with Crippen molar-refractivity contribution in [1.82, 2.24) is 10.9 Å². The Morgan fingerprint density at radius 2 is 1.96 bits per heavy atom. The summed E-state index contributed by atoms with van der Waals surface area (Å²) in [5.41, 5.74) is 6.43. The first-order chi connectivity index (χ1) is 12.5. The lowest BCUT2D eigenvalue weighted by Crippen LogP contribution is -2.43. The van der Waals surface area contributed by atoms with E-state index in [1.54, 1.807) is 30.3 Å². The van der Waals surface area contributed by atoms with Crippen molar-refractivity contribution in [2.75, 3.05) is 6.61 Å². The van der Waals surface area contributed by atoms with Crippen molar-refractivity contribution in [3.63, 3.8) is 0 Å². The molecule has 2 aromatic carbocycles. The van der Waals surface area contributed by atoms with Crippen molar-refractivity contribution < 1.29 is 14.3 Å². The summed E-state index contributed by atoms with van der Waals surface area (Å²) in [4.78, 5) is 23.5. The topological polar surface area (TPSA) is 67.4 Å². The van der Waals surface area contributed by atoms with E-state index in [2.05, 4.69) is 33.7 Å². The molecule has 0 saturated heterocycles. The maximum Gasteiger partial charge on any atom is 0.276 e. The summed E-state index contributed by atoms with van der Waals surface area (Å²) in [5, 5.41) is 0.536. The van der Waals surface area contributed by atoms with Crippen LogP contribution in [0.15, 0.2) is 53.0 Å². The molecule has 0 spiro atoms. The zero-order valence-corrected chi connectivity index (χ0v) is 16.4. The fourth-order valence-electron chi connectivity index (χ4n) is 2.01. The lowest BCUT2D eigenvalue weighted by Gasteiger charge is -2.10. The third-order valence-corrected chi connectivity index (χ3v) is 4.37. The van der Waals surface area contributed by atoms with Crippen molar-refractivity contribution in [2.45, 2.75) is 13.3 Å². The Balaban J connectivity index is 1.78. The molecule has 2 aromatic rings. The number of hydrazine groups is 1. The Labute approximate surface area is 165 Å². The second-order valence-corrected chi connectivity index (χ2v) is 6.56. The Morgan fingerprint density at radius 3 is 2.65 bits per heavy atom. The van der Waals surface area contributed by atoms with Crippen LogP contribution in [0.4, 0.5) is 0 Å². The van der Waals surface area contributed by atoms with Gasteiger partial charge < -0.3 is 4.74 Å². The summed E-state index contributed by atoms with van der Waals surface area (Å²) in [7, 11) is 0. The molecule has 0 unspecified atom stereocenters. The molecule has 2 N–H and O–H groups in total. The minimum absolute atomic E-state index is 0.224. The monoisotopic (exact) mass is 436 g/mol. The molecule has 0 radical (unpaired) electrons. The molecule has 0 atom stereocenters. The van der Waals surface area contributed by atoms with Gasteiger partial charge in [-0.15, -0.1) is 0 Å². The second-order valence-electron chi connectivity index (χ2n) is 5.30. The maximum absolute atomic E-state index is 11.8. The summed E-state index contributed by atoms with van der Waals surface area (Å²) in [6.45, 7) is 1.83. The Morgan fingerprint density at radius 1 is 1.19 bits per heavy atom. The van der Waals surface area contributed by atoms with Gasteiger partial charge in [0.15, 0.2) is 6.61 Å². The average Bonchev–Trinajstić information content (AvgIpc) is 2.64. The van der Waals surface area contributed by atoms with Crippen LogP contribution >= 0.6 is 27.5 Å². The lowest BCUT2D eigenvalue weighted by atomic mass is 10.2. The van der Waals surface area contributed by atoms with E-state index in [0.29, 0.717) is 16.3 Å². The number of nitrogens with one attached hydrogen (secondary N) is 2. The van der Waals surface area contributed by atoms with Crippen molar-refractivity contribution in [1.29, 1.82) is 0 Å². The predicted molar refractivity (Wildman–Crippen MR) is 106 cm³/mol. The largest absolute Gasteiger partial charge is 0.483 e. The highest BCUT2D eigenvalue weighted by Gasteiger charge is 2.07. The van der Waals surface area contributed by atoms with Crippen LogP contribution in [0.3, 0.4) is 0 Å². The highest BCUT2D eigenvalue weighted by molar-refractivity contribution is 9.10. The van der Waals surface area contributed by atoms with Crippen molar-refractivity contribution in [3.05, 3.63) is 69.2 Å². The van der Waals surface area contributed by atoms with Gasteiger partial charge in [0.1, 0.15) is 5.75 Å². The molecule has 0 saturated carbocycles. The molecular formula is C19H18BrClN2O3. The summed E-state index contributed by atoms with van der Waals surface area (Å²) < 4.78 is 6.20. The molecule has 0 aromatic heterocycles. The number of hydrogen-bond donors (Lipinski definition) is 2. The first-order valence-corrected chi connectivity index (χ1v) is 9.09. The van der Waals surface area contributed by atoms with Crippen LogP contribution in [0.2, 0.25) is 5.02 Å². The van der Waals surface area contributed by atoms with Gasteiger partial charge in [-0.3, -0.25) is 20.4 Å². The Hall–Kier alpha value is -2.31. The van der Waals surface area contributed by atoms with Crippen LogP contribution in [-0.2, 0) is 16.0 Å². The number of ether oxygens (including phenoxy) is 1. The van der Waals surface area contributed by atoms with Gasteiger partial charge >= 0.3 is 0 Å². The van der Waals surface area contributed by atoms with Gasteiger partial charge in [-0.2, -0.15) is 0 Å². The first kappa shape index (κ1) is 20.0. The number of amides is 2. The summed E-state index contributed by atoms with van der Waals surface area (Å²) >= 11 is 9.40. The molecule has 0 heterocycles. The zero-order valence-electron chi connectivity index (χ0n) is 14.1. The Kier molecular flexibility index (Phi) is 7.69. The first-order valence-electron chi connectivity index (χ1n) is 7.92. The minimum Gasteiger partial charge on any atom is -0.483 e. The molecule has 0 aliphatic carbocycles. The van der Waals surface area contributed by atoms with Crippen LogP contribution < -0.4 is 15.6 Å². The molecule has 0 aliphatic heterocycles. The van der Waals surface area contributed by atoms with E-state index in [1.807, 2.05) is 18.2 Å². The molecule has 5 nitrogen and oxygen atoms in total.